The summed E-state index contributed by atoms with van der Waals surface area (Å²) in [6, 6.07) is 3.00. The Labute approximate surface area is 97.6 Å². The SMILES string of the molecule is Cc1nc(C=CCCN=[N+]=[N-])ccc1[N+](=O)[O-]. The third-order valence-corrected chi connectivity index (χ3v) is 2.02. The van der Waals surface area contributed by atoms with Gasteiger partial charge in [0, 0.05) is 17.5 Å². The lowest BCUT2D eigenvalue weighted by Crippen LogP contribution is -1.95. The van der Waals surface area contributed by atoms with E-state index in [1.807, 2.05) is 6.08 Å². The van der Waals surface area contributed by atoms with Crippen LogP contribution in [0.2, 0.25) is 0 Å². The molecule has 7 nitrogen and oxygen atoms in total. The smallest absolute Gasteiger partial charge is 0.258 e. The van der Waals surface area contributed by atoms with Gasteiger partial charge in [-0.3, -0.25) is 10.1 Å². The van der Waals surface area contributed by atoms with Gasteiger partial charge in [0.25, 0.3) is 5.69 Å². The zero-order valence-electron chi connectivity index (χ0n) is 9.28. The standard InChI is InChI=1S/C10H11N5O2/c1-8-10(15(16)17)6-5-9(13-8)4-2-3-7-12-14-11/h2,4-6H,3,7H2,1H3. The first-order valence-electron chi connectivity index (χ1n) is 4.94. The molecule has 88 valence electrons. The van der Waals surface area contributed by atoms with Gasteiger partial charge in [0.1, 0.15) is 5.69 Å². The van der Waals surface area contributed by atoms with Crippen molar-refractivity contribution >= 4 is 11.8 Å². The molecule has 0 spiro atoms. The van der Waals surface area contributed by atoms with Gasteiger partial charge in [0.2, 0.25) is 0 Å². The van der Waals surface area contributed by atoms with Crippen molar-refractivity contribution in [3.05, 3.63) is 50.2 Å². The number of aromatic nitrogens is 1. The molecule has 0 N–H and O–H groups in total. The molecule has 0 unspecified atom stereocenters. The molecule has 0 radical (unpaired) electrons. The summed E-state index contributed by atoms with van der Waals surface area (Å²) in [6.45, 7) is 1.98. The van der Waals surface area contributed by atoms with E-state index in [-0.39, 0.29) is 5.69 Å². The Morgan fingerprint density at radius 2 is 2.41 bits per heavy atom. The van der Waals surface area contributed by atoms with Crippen molar-refractivity contribution < 1.29 is 4.92 Å². The van der Waals surface area contributed by atoms with Gasteiger partial charge < -0.3 is 0 Å². The fraction of sp³-hybridized carbons (Fsp3) is 0.300. The number of nitro groups is 1. The maximum absolute atomic E-state index is 10.6. The molecule has 1 aromatic rings. The Hall–Kier alpha value is -2.40. The largest absolute Gasteiger partial charge is 0.290 e. The van der Waals surface area contributed by atoms with E-state index in [2.05, 4.69) is 15.0 Å². The number of hydrogen-bond donors (Lipinski definition) is 0. The minimum absolute atomic E-state index is 0.0104. The summed E-state index contributed by atoms with van der Waals surface area (Å²) in [7, 11) is 0. The van der Waals surface area contributed by atoms with Gasteiger partial charge in [-0.15, -0.1) is 0 Å². The second-order valence-electron chi connectivity index (χ2n) is 3.24. The second-order valence-corrected chi connectivity index (χ2v) is 3.24. The fourth-order valence-corrected chi connectivity index (χ4v) is 1.24. The Balaban J connectivity index is 2.70. The van der Waals surface area contributed by atoms with E-state index in [1.165, 1.54) is 6.07 Å². The van der Waals surface area contributed by atoms with E-state index in [0.717, 1.165) is 0 Å². The van der Waals surface area contributed by atoms with Crippen LogP contribution in [0.4, 0.5) is 5.69 Å². The van der Waals surface area contributed by atoms with Crippen LogP contribution in [0.5, 0.6) is 0 Å². The van der Waals surface area contributed by atoms with E-state index in [9.17, 15) is 10.1 Å². The molecular weight excluding hydrogens is 222 g/mol. The van der Waals surface area contributed by atoms with Crippen LogP contribution in [0.25, 0.3) is 16.5 Å². The summed E-state index contributed by atoms with van der Waals surface area (Å²) < 4.78 is 0. The summed E-state index contributed by atoms with van der Waals surface area (Å²) in [5.41, 5.74) is 9.10. The van der Waals surface area contributed by atoms with E-state index in [0.29, 0.717) is 24.4 Å². The number of pyridine rings is 1. The summed E-state index contributed by atoms with van der Waals surface area (Å²) in [5, 5.41) is 13.9. The molecule has 0 amide bonds. The van der Waals surface area contributed by atoms with Gasteiger partial charge in [-0.05, 0) is 31.0 Å². The predicted molar refractivity (Wildman–Crippen MR) is 63.3 cm³/mol. The number of nitrogens with zero attached hydrogens (tertiary/aromatic N) is 5. The summed E-state index contributed by atoms with van der Waals surface area (Å²) >= 11 is 0. The van der Waals surface area contributed by atoms with Crippen molar-refractivity contribution in [1.29, 1.82) is 0 Å². The van der Waals surface area contributed by atoms with Crippen LogP contribution in [0.3, 0.4) is 0 Å². The van der Waals surface area contributed by atoms with Crippen molar-refractivity contribution in [3.63, 3.8) is 0 Å². The number of azide groups is 1. The highest BCUT2D eigenvalue weighted by molar-refractivity contribution is 5.48. The van der Waals surface area contributed by atoms with Crippen molar-refractivity contribution in [2.45, 2.75) is 13.3 Å². The van der Waals surface area contributed by atoms with E-state index in [4.69, 9.17) is 5.53 Å². The quantitative estimate of drug-likeness (QED) is 0.195. The monoisotopic (exact) mass is 233 g/mol. The summed E-state index contributed by atoms with van der Waals surface area (Å²) in [4.78, 5) is 16.8. The third-order valence-electron chi connectivity index (χ3n) is 2.02. The molecular formula is C10H11N5O2. The predicted octanol–water partition coefficient (Wildman–Crippen LogP) is 3.01. The van der Waals surface area contributed by atoms with Crippen LogP contribution < -0.4 is 0 Å². The molecule has 1 rings (SSSR count). The molecule has 0 aliphatic carbocycles. The van der Waals surface area contributed by atoms with Crippen LogP contribution in [-0.2, 0) is 0 Å². The van der Waals surface area contributed by atoms with Crippen LogP contribution in [-0.4, -0.2) is 16.5 Å². The average Bonchev–Trinajstić information content (AvgIpc) is 2.28. The molecule has 0 aliphatic heterocycles. The third kappa shape index (κ3) is 3.92. The number of aryl methyl sites for hydroxylation is 1. The maximum atomic E-state index is 10.6. The lowest BCUT2D eigenvalue weighted by Gasteiger charge is -1.97. The van der Waals surface area contributed by atoms with Crippen molar-refractivity contribution in [1.82, 2.24) is 4.98 Å². The molecule has 0 saturated heterocycles. The first-order chi connectivity index (χ1) is 8.15. The normalized spacial score (nSPS) is 10.2. The molecule has 0 atom stereocenters. The molecule has 1 aromatic heterocycles. The zero-order chi connectivity index (χ0) is 12.7. The molecule has 1 heterocycles. The first kappa shape index (κ1) is 12.7. The molecule has 0 aromatic carbocycles. The lowest BCUT2D eigenvalue weighted by atomic mass is 10.2. The van der Waals surface area contributed by atoms with Gasteiger partial charge >= 0.3 is 0 Å². The maximum Gasteiger partial charge on any atom is 0.290 e. The number of hydrogen-bond acceptors (Lipinski definition) is 4. The highest BCUT2D eigenvalue weighted by Gasteiger charge is 2.10. The Kier molecular flexibility index (Phi) is 4.65. The topological polar surface area (TPSA) is 105 Å². The molecule has 0 fully saturated rings. The van der Waals surface area contributed by atoms with E-state index in [1.54, 1.807) is 19.1 Å². The minimum atomic E-state index is -0.461. The molecule has 17 heavy (non-hydrogen) atoms. The van der Waals surface area contributed by atoms with Gasteiger partial charge in [0.05, 0.1) is 10.6 Å². The lowest BCUT2D eigenvalue weighted by molar-refractivity contribution is -0.385. The van der Waals surface area contributed by atoms with Gasteiger partial charge in [0.15, 0.2) is 0 Å². The highest BCUT2D eigenvalue weighted by atomic mass is 16.6. The molecule has 7 heteroatoms. The van der Waals surface area contributed by atoms with Crippen LogP contribution in [0.15, 0.2) is 23.3 Å². The Morgan fingerprint density at radius 3 is 3.00 bits per heavy atom. The van der Waals surface area contributed by atoms with Gasteiger partial charge in [-0.1, -0.05) is 11.2 Å². The van der Waals surface area contributed by atoms with Crippen molar-refractivity contribution in [2.24, 2.45) is 5.11 Å². The molecule has 0 aliphatic rings. The number of rotatable bonds is 5. The second kappa shape index (κ2) is 6.24. The average molecular weight is 233 g/mol. The van der Waals surface area contributed by atoms with Gasteiger partial charge in [-0.2, -0.15) is 0 Å². The van der Waals surface area contributed by atoms with Crippen molar-refractivity contribution in [3.8, 4) is 0 Å². The van der Waals surface area contributed by atoms with Crippen LogP contribution in [0.1, 0.15) is 17.8 Å². The minimum Gasteiger partial charge on any atom is -0.258 e. The van der Waals surface area contributed by atoms with E-state index >= 15 is 0 Å². The zero-order valence-corrected chi connectivity index (χ0v) is 9.28. The highest BCUT2D eigenvalue weighted by Crippen LogP contribution is 2.16. The van der Waals surface area contributed by atoms with E-state index < -0.39 is 4.92 Å². The summed E-state index contributed by atoms with van der Waals surface area (Å²) in [5.74, 6) is 0. The molecule has 0 bridgehead atoms. The van der Waals surface area contributed by atoms with Crippen LogP contribution in [0, 0.1) is 17.0 Å². The van der Waals surface area contributed by atoms with Crippen molar-refractivity contribution in [2.75, 3.05) is 6.54 Å². The molecule has 0 saturated carbocycles. The Morgan fingerprint density at radius 1 is 1.65 bits per heavy atom. The van der Waals surface area contributed by atoms with Gasteiger partial charge in [-0.25, -0.2) is 4.98 Å². The Bertz CT molecular complexity index is 491. The fourth-order valence-electron chi connectivity index (χ4n) is 1.24. The summed E-state index contributed by atoms with van der Waals surface area (Å²) in [6.07, 6.45) is 4.16. The van der Waals surface area contributed by atoms with Crippen LogP contribution >= 0.6 is 0 Å². The first-order valence-corrected chi connectivity index (χ1v) is 4.94.